The van der Waals surface area contributed by atoms with E-state index in [1.54, 1.807) is 54.7 Å². The summed E-state index contributed by atoms with van der Waals surface area (Å²) in [7, 11) is 0. The molecule has 132 valence electrons. The second-order valence-corrected chi connectivity index (χ2v) is 5.75. The van der Waals surface area contributed by atoms with E-state index < -0.39 is 5.91 Å². The van der Waals surface area contributed by atoms with Gasteiger partial charge in [0.05, 0.1) is 11.4 Å². The van der Waals surface area contributed by atoms with Gasteiger partial charge in [-0.3, -0.25) is 9.59 Å². The lowest BCUT2D eigenvalue weighted by Gasteiger charge is -2.11. The number of benzene rings is 2. The molecule has 0 fully saturated rings. The summed E-state index contributed by atoms with van der Waals surface area (Å²) in [6.07, 6.45) is 1.59. The van der Waals surface area contributed by atoms with E-state index in [0.717, 1.165) is 0 Å². The van der Waals surface area contributed by atoms with Gasteiger partial charge in [-0.25, -0.2) is 4.68 Å². The van der Waals surface area contributed by atoms with Gasteiger partial charge in [0.15, 0.2) is 6.61 Å². The molecule has 0 atom stereocenters. The molecule has 0 aliphatic rings. The van der Waals surface area contributed by atoms with Crippen LogP contribution in [0.1, 0.15) is 10.5 Å². The summed E-state index contributed by atoms with van der Waals surface area (Å²) < 4.78 is 6.89. The van der Waals surface area contributed by atoms with E-state index in [-0.39, 0.29) is 18.2 Å². The van der Waals surface area contributed by atoms with E-state index in [4.69, 9.17) is 22.1 Å². The molecule has 8 heteroatoms. The van der Waals surface area contributed by atoms with Gasteiger partial charge in [0.1, 0.15) is 11.4 Å². The van der Waals surface area contributed by atoms with Crippen LogP contribution in [0.15, 0.2) is 60.8 Å². The standard InChI is InChI=1S/C18H15ClN4O3/c19-12-5-7-13(8-6-12)26-11-17(24)21-14-3-1-2-4-16(14)23-10-9-15(22-23)18(20)25/h1-10H,11H2,(H2,20,25)(H,21,24). The molecule has 0 saturated heterocycles. The van der Waals surface area contributed by atoms with Gasteiger partial charge in [0.2, 0.25) is 0 Å². The van der Waals surface area contributed by atoms with Crippen LogP contribution in [0, 0.1) is 0 Å². The zero-order valence-corrected chi connectivity index (χ0v) is 14.3. The van der Waals surface area contributed by atoms with Gasteiger partial charge in [-0.2, -0.15) is 5.10 Å². The van der Waals surface area contributed by atoms with Gasteiger partial charge in [-0.05, 0) is 42.5 Å². The Morgan fingerprint density at radius 2 is 1.85 bits per heavy atom. The lowest BCUT2D eigenvalue weighted by atomic mass is 10.2. The number of amides is 2. The number of anilines is 1. The van der Waals surface area contributed by atoms with Gasteiger partial charge in [-0.1, -0.05) is 23.7 Å². The minimum Gasteiger partial charge on any atom is -0.484 e. The number of rotatable bonds is 6. The van der Waals surface area contributed by atoms with Crippen molar-refractivity contribution in [1.82, 2.24) is 9.78 Å². The third-order valence-electron chi connectivity index (χ3n) is 3.45. The summed E-state index contributed by atoms with van der Waals surface area (Å²) in [6.45, 7) is -0.165. The summed E-state index contributed by atoms with van der Waals surface area (Å²) in [4.78, 5) is 23.4. The normalized spacial score (nSPS) is 10.3. The number of carbonyl (C=O) groups is 2. The Morgan fingerprint density at radius 1 is 1.12 bits per heavy atom. The molecule has 26 heavy (non-hydrogen) atoms. The van der Waals surface area contributed by atoms with Crippen molar-refractivity contribution in [3.8, 4) is 11.4 Å². The minimum absolute atomic E-state index is 0.136. The number of hydrogen-bond acceptors (Lipinski definition) is 4. The van der Waals surface area contributed by atoms with E-state index in [2.05, 4.69) is 10.4 Å². The van der Waals surface area contributed by atoms with Crippen LogP contribution in [0.3, 0.4) is 0 Å². The number of nitrogens with one attached hydrogen (secondary N) is 1. The molecular weight excluding hydrogens is 356 g/mol. The summed E-state index contributed by atoms with van der Waals surface area (Å²) in [5, 5.41) is 7.45. The first-order valence-corrected chi connectivity index (χ1v) is 8.04. The first kappa shape index (κ1) is 17.5. The van der Waals surface area contributed by atoms with Gasteiger partial charge in [-0.15, -0.1) is 0 Å². The summed E-state index contributed by atoms with van der Waals surface area (Å²) >= 11 is 5.81. The van der Waals surface area contributed by atoms with Crippen molar-refractivity contribution in [1.29, 1.82) is 0 Å². The monoisotopic (exact) mass is 370 g/mol. The molecule has 0 spiro atoms. The Bertz CT molecular complexity index is 938. The van der Waals surface area contributed by atoms with Gasteiger partial charge < -0.3 is 15.8 Å². The maximum absolute atomic E-state index is 12.2. The van der Waals surface area contributed by atoms with Crippen LogP contribution in [0.2, 0.25) is 5.02 Å². The second kappa shape index (κ2) is 7.71. The Morgan fingerprint density at radius 3 is 2.54 bits per heavy atom. The quantitative estimate of drug-likeness (QED) is 0.696. The minimum atomic E-state index is -0.623. The molecule has 0 radical (unpaired) electrons. The number of para-hydroxylation sites is 2. The van der Waals surface area contributed by atoms with Crippen molar-refractivity contribution >= 4 is 29.1 Å². The van der Waals surface area contributed by atoms with E-state index in [1.165, 1.54) is 10.7 Å². The molecule has 2 amide bonds. The van der Waals surface area contributed by atoms with Crippen molar-refractivity contribution in [3.63, 3.8) is 0 Å². The maximum Gasteiger partial charge on any atom is 0.269 e. The van der Waals surface area contributed by atoms with Crippen LogP contribution in [0.4, 0.5) is 5.69 Å². The molecule has 0 bridgehead atoms. The third kappa shape index (κ3) is 4.20. The second-order valence-electron chi connectivity index (χ2n) is 5.32. The molecule has 0 saturated carbocycles. The molecule has 7 nitrogen and oxygen atoms in total. The number of nitrogens with two attached hydrogens (primary N) is 1. The molecule has 1 aromatic heterocycles. The smallest absolute Gasteiger partial charge is 0.269 e. The van der Waals surface area contributed by atoms with Crippen molar-refractivity contribution in [2.45, 2.75) is 0 Å². The first-order valence-electron chi connectivity index (χ1n) is 7.66. The predicted octanol–water partition coefficient (Wildman–Crippen LogP) is 2.64. The first-order chi connectivity index (χ1) is 12.5. The fourth-order valence-corrected chi connectivity index (χ4v) is 2.36. The number of halogens is 1. The van der Waals surface area contributed by atoms with Crippen LogP contribution in [-0.4, -0.2) is 28.2 Å². The largest absolute Gasteiger partial charge is 0.484 e. The molecule has 0 aliphatic heterocycles. The highest BCUT2D eigenvalue weighted by Gasteiger charge is 2.11. The Labute approximate surface area is 154 Å². The van der Waals surface area contributed by atoms with Gasteiger partial charge >= 0.3 is 0 Å². The molecule has 3 rings (SSSR count). The molecule has 1 heterocycles. The predicted molar refractivity (Wildman–Crippen MR) is 97.7 cm³/mol. The third-order valence-corrected chi connectivity index (χ3v) is 3.70. The zero-order chi connectivity index (χ0) is 18.5. The topological polar surface area (TPSA) is 99.2 Å². The van der Waals surface area contributed by atoms with E-state index >= 15 is 0 Å². The Hall–Kier alpha value is -3.32. The fourth-order valence-electron chi connectivity index (χ4n) is 2.23. The fraction of sp³-hybridized carbons (Fsp3) is 0.0556. The van der Waals surface area contributed by atoms with E-state index in [9.17, 15) is 9.59 Å². The molecule has 0 unspecified atom stereocenters. The van der Waals surface area contributed by atoms with Gasteiger partial charge in [0, 0.05) is 11.2 Å². The van der Waals surface area contributed by atoms with Crippen LogP contribution >= 0.6 is 11.6 Å². The van der Waals surface area contributed by atoms with Gasteiger partial charge in [0.25, 0.3) is 11.8 Å². The number of aromatic nitrogens is 2. The summed E-state index contributed by atoms with van der Waals surface area (Å²) in [5.74, 6) is -0.424. The van der Waals surface area contributed by atoms with Crippen LogP contribution in [0.5, 0.6) is 5.75 Å². The average Bonchev–Trinajstić information content (AvgIpc) is 3.12. The van der Waals surface area contributed by atoms with Crippen molar-refractivity contribution in [2.24, 2.45) is 5.73 Å². The molecule has 3 aromatic rings. The lowest BCUT2D eigenvalue weighted by molar-refractivity contribution is -0.118. The number of nitrogens with zero attached hydrogens (tertiary/aromatic N) is 2. The van der Waals surface area contributed by atoms with Crippen LogP contribution in [0.25, 0.3) is 5.69 Å². The lowest BCUT2D eigenvalue weighted by Crippen LogP contribution is -2.21. The summed E-state index contributed by atoms with van der Waals surface area (Å²) in [6, 6.07) is 15.3. The average molecular weight is 371 g/mol. The zero-order valence-electron chi connectivity index (χ0n) is 13.6. The highest BCUT2D eigenvalue weighted by atomic mass is 35.5. The summed E-state index contributed by atoms with van der Waals surface area (Å²) in [5.41, 5.74) is 6.48. The molecule has 3 N–H and O–H groups in total. The van der Waals surface area contributed by atoms with Crippen molar-refractivity contribution in [3.05, 3.63) is 71.5 Å². The Balaban J connectivity index is 1.70. The van der Waals surface area contributed by atoms with Crippen LogP contribution in [-0.2, 0) is 4.79 Å². The number of carbonyl (C=O) groups excluding carboxylic acids is 2. The highest BCUT2D eigenvalue weighted by Crippen LogP contribution is 2.20. The number of primary amides is 1. The SMILES string of the molecule is NC(=O)c1ccn(-c2ccccc2NC(=O)COc2ccc(Cl)cc2)n1. The number of ether oxygens (including phenoxy) is 1. The van der Waals surface area contributed by atoms with Crippen LogP contribution < -0.4 is 15.8 Å². The highest BCUT2D eigenvalue weighted by molar-refractivity contribution is 6.30. The number of hydrogen-bond donors (Lipinski definition) is 2. The maximum atomic E-state index is 12.2. The Kier molecular flexibility index (Phi) is 5.19. The van der Waals surface area contributed by atoms with Crippen molar-refractivity contribution in [2.75, 3.05) is 11.9 Å². The molecular formula is C18H15ClN4O3. The van der Waals surface area contributed by atoms with E-state index in [0.29, 0.717) is 22.1 Å². The molecule has 2 aromatic carbocycles. The molecule has 0 aliphatic carbocycles. The van der Waals surface area contributed by atoms with Crippen molar-refractivity contribution < 1.29 is 14.3 Å². The van der Waals surface area contributed by atoms with E-state index in [1.807, 2.05) is 0 Å².